The molecule has 10 nitrogen and oxygen atoms in total. The first kappa shape index (κ1) is 22.6. The second kappa shape index (κ2) is 9.12. The van der Waals surface area contributed by atoms with Gasteiger partial charge >= 0.3 is 0 Å². The molecule has 2 heterocycles. The van der Waals surface area contributed by atoms with Gasteiger partial charge in [0.2, 0.25) is 15.9 Å². The van der Waals surface area contributed by atoms with E-state index in [0.717, 1.165) is 17.4 Å². The van der Waals surface area contributed by atoms with Gasteiger partial charge in [0, 0.05) is 30.2 Å². The molecule has 2 atom stereocenters. The number of ether oxygens (including phenoxy) is 1. The predicted molar refractivity (Wildman–Crippen MR) is 118 cm³/mol. The second-order valence-electron chi connectivity index (χ2n) is 7.85. The Balaban J connectivity index is 1.53. The molecule has 0 radical (unpaired) electrons. The Labute approximate surface area is 190 Å². The van der Waals surface area contributed by atoms with E-state index in [1.54, 1.807) is 35.1 Å². The smallest absolute Gasteiger partial charge is 0.241 e. The normalized spacial score (nSPS) is 16.5. The number of fused-ring (bicyclic) bond motifs is 1. The summed E-state index contributed by atoms with van der Waals surface area (Å²) in [6.45, 7) is 2.28. The lowest BCUT2D eigenvalue weighted by atomic mass is 9.99. The number of nitrogens with zero attached hydrogens (tertiary/aromatic N) is 3. The summed E-state index contributed by atoms with van der Waals surface area (Å²) in [5.41, 5.74) is 8.15. The van der Waals surface area contributed by atoms with E-state index in [4.69, 9.17) is 10.5 Å². The number of nitrogens with one attached hydrogen (secondary N) is 1. The average molecular weight is 470 g/mol. The first-order valence-corrected chi connectivity index (χ1v) is 11.8. The number of rotatable bonds is 8. The zero-order chi connectivity index (χ0) is 23.6. The molecule has 0 saturated carbocycles. The fourth-order valence-electron chi connectivity index (χ4n) is 3.68. The molecule has 172 valence electrons. The SMILES string of the molecule is Cc1ccc(S(=O)(=O)N[C@H](Cc2cn([C@@H]3CCOc4cc(C=O)ccc43)nn2)C(N)=O)cc1. The van der Waals surface area contributed by atoms with Crippen molar-refractivity contribution >= 4 is 22.2 Å². The van der Waals surface area contributed by atoms with E-state index in [1.807, 2.05) is 13.0 Å². The van der Waals surface area contributed by atoms with Crippen LogP contribution in [0.5, 0.6) is 5.75 Å². The Morgan fingerprint density at radius 3 is 2.76 bits per heavy atom. The Morgan fingerprint density at radius 1 is 1.30 bits per heavy atom. The topological polar surface area (TPSA) is 146 Å². The Hall–Kier alpha value is -3.57. The summed E-state index contributed by atoms with van der Waals surface area (Å²) in [6, 6.07) is 10.1. The van der Waals surface area contributed by atoms with Gasteiger partial charge in [0.15, 0.2) is 0 Å². The van der Waals surface area contributed by atoms with Crippen molar-refractivity contribution in [3.8, 4) is 5.75 Å². The van der Waals surface area contributed by atoms with Crippen molar-refractivity contribution in [2.75, 3.05) is 6.61 Å². The Morgan fingerprint density at radius 2 is 2.06 bits per heavy atom. The van der Waals surface area contributed by atoms with Crippen molar-refractivity contribution in [3.63, 3.8) is 0 Å². The van der Waals surface area contributed by atoms with E-state index in [2.05, 4.69) is 15.0 Å². The van der Waals surface area contributed by atoms with Crippen LogP contribution in [0.15, 0.2) is 53.6 Å². The van der Waals surface area contributed by atoms with E-state index < -0.39 is 22.0 Å². The number of benzene rings is 2. The van der Waals surface area contributed by atoms with Gasteiger partial charge in [-0.15, -0.1) is 5.10 Å². The highest BCUT2D eigenvalue weighted by Crippen LogP contribution is 2.34. The third kappa shape index (κ3) is 4.94. The van der Waals surface area contributed by atoms with Crippen molar-refractivity contribution < 1.29 is 22.7 Å². The van der Waals surface area contributed by atoms with Gasteiger partial charge in [-0.05, 0) is 25.1 Å². The molecule has 11 heteroatoms. The maximum absolute atomic E-state index is 12.7. The zero-order valence-corrected chi connectivity index (χ0v) is 18.7. The molecule has 4 rings (SSSR count). The van der Waals surface area contributed by atoms with E-state index in [1.165, 1.54) is 12.1 Å². The lowest BCUT2D eigenvalue weighted by Gasteiger charge is -2.25. The molecule has 0 bridgehead atoms. The van der Waals surface area contributed by atoms with Gasteiger partial charge in [-0.25, -0.2) is 13.1 Å². The van der Waals surface area contributed by atoms with Crippen molar-refractivity contribution in [2.24, 2.45) is 5.73 Å². The summed E-state index contributed by atoms with van der Waals surface area (Å²) in [7, 11) is -3.95. The summed E-state index contributed by atoms with van der Waals surface area (Å²) in [6.07, 6.45) is 2.99. The minimum atomic E-state index is -3.95. The summed E-state index contributed by atoms with van der Waals surface area (Å²) < 4.78 is 35.1. The van der Waals surface area contributed by atoms with Crippen LogP contribution < -0.4 is 15.2 Å². The molecular weight excluding hydrogens is 446 g/mol. The van der Waals surface area contributed by atoms with Crippen LogP contribution in [0.3, 0.4) is 0 Å². The molecule has 0 unspecified atom stereocenters. The minimum Gasteiger partial charge on any atom is -0.493 e. The summed E-state index contributed by atoms with van der Waals surface area (Å²) in [5.74, 6) is -0.216. The van der Waals surface area contributed by atoms with Crippen LogP contribution in [0, 0.1) is 6.92 Å². The lowest BCUT2D eigenvalue weighted by Crippen LogP contribution is -2.45. The molecular formula is C22H23N5O5S. The maximum Gasteiger partial charge on any atom is 0.241 e. The van der Waals surface area contributed by atoms with Crippen LogP contribution in [-0.2, 0) is 21.2 Å². The van der Waals surface area contributed by atoms with Crippen molar-refractivity contribution in [2.45, 2.75) is 36.7 Å². The molecule has 3 aromatic rings. The van der Waals surface area contributed by atoms with E-state index in [9.17, 15) is 18.0 Å². The maximum atomic E-state index is 12.7. The summed E-state index contributed by atoms with van der Waals surface area (Å²) in [4.78, 5) is 23.1. The first-order valence-electron chi connectivity index (χ1n) is 10.3. The number of carbonyl (C=O) groups excluding carboxylic acids is 2. The molecule has 0 saturated heterocycles. The lowest BCUT2D eigenvalue weighted by molar-refractivity contribution is -0.119. The third-order valence-corrected chi connectivity index (χ3v) is 6.93. The van der Waals surface area contributed by atoms with E-state index in [0.29, 0.717) is 30.0 Å². The monoisotopic (exact) mass is 469 g/mol. The fraction of sp³-hybridized carbons (Fsp3) is 0.273. The predicted octanol–water partition coefficient (Wildman–Crippen LogP) is 1.15. The van der Waals surface area contributed by atoms with Gasteiger partial charge in [0.25, 0.3) is 0 Å². The number of aryl methyl sites for hydroxylation is 1. The van der Waals surface area contributed by atoms with Crippen LogP contribution in [0.25, 0.3) is 0 Å². The molecule has 0 spiro atoms. The highest BCUT2D eigenvalue weighted by atomic mass is 32.2. The quantitative estimate of drug-likeness (QED) is 0.470. The number of aromatic nitrogens is 3. The van der Waals surface area contributed by atoms with Gasteiger partial charge < -0.3 is 10.5 Å². The van der Waals surface area contributed by atoms with Crippen molar-refractivity contribution in [1.29, 1.82) is 0 Å². The van der Waals surface area contributed by atoms with Crippen LogP contribution >= 0.6 is 0 Å². The highest BCUT2D eigenvalue weighted by molar-refractivity contribution is 7.89. The molecule has 2 aromatic carbocycles. The molecule has 1 aromatic heterocycles. The zero-order valence-electron chi connectivity index (χ0n) is 17.8. The van der Waals surface area contributed by atoms with Gasteiger partial charge in [0.05, 0.1) is 23.2 Å². The molecule has 1 amide bonds. The number of sulfonamides is 1. The number of hydrogen-bond donors (Lipinski definition) is 2. The number of aldehydes is 1. The van der Waals surface area contributed by atoms with Gasteiger partial charge in [-0.1, -0.05) is 35.0 Å². The average Bonchev–Trinajstić information content (AvgIpc) is 3.26. The number of nitrogens with two attached hydrogens (primary N) is 1. The fourth-order valence-corrected chi connectivity index (χ4v) is 4.88. The summed E-state index contributed by atoms with van der Waals surface area (Å²) >= 11 is 0. The number of hydrogen-bond acceptors (Lipinski definition) is 7. The third-order valence-electron chi connectivity index (χ3n) is 5.44. The molecule has 1 aliphatic heterocycles. The first-order chi connectivity index (χ1) is 15.8. The minimum absolute atomic E-state index is 0.0384. The molecule has 33 heavy (non-hydrogen) atoms. The Bertz CT molecular complexity index is 1290. The Kier molecular flexibility index (Phi) is 6.25. The number of primary amides is 1. The molecule has 0 fully saturated rings. The van der Waals surface area contributed by atoms with Gasteiger partial charge in [-0.2, -0.15) is 4.72 Å². The van der Waals surface area contributed by atoms with E-state index >= 15 is 0 Å². The molecule has 1 aliphatic rings. The van der Waals surface area contributed by atoms with Crippen LogP contribution in [-0.4, -0.2) is 48.3 Å². The second-order valence-corrected chi connectivity index (χ2v) is 9.57. The summed E-state index contributed by atoms with van der Waals surface area (Å²) in [5, 5.41) is 8.28. The van der Waals surface area contributed by atoms with Gasteiger partial charge in [-0.3, -0.25) is 9.59 Å². The highest BCUT2D eigenvalue weighted by Gasteiger charge is 2.28. The van der Waals surface area contributed by atoms with Crippen LogP contribution in [0.2, 0.25) is 0 Å². The standard InChI is InChI=1S/C22H23N5O5S/c1-14-2-5-17(6-3-14)33(30,31)25-19(22(23)29)11-16-12-27(26-24-16)20-8-9-32-21-10-15(13-28)4-7-18(20)21/h2-7,10,12-13,19-20,25H,8-9,11H2,1H3,(H2,23,29)/t19-,20-/m1/s1. The number of carbonyl (C=O) groups is 2. The van der Waals surface area contributed by atoms with Crippen molar-refractivity contribution in [1.82, 2.24) is 19.7 Å². The van der Waals surface area contributed by atoms with Gasteiger partial charge in [0.1, 0.15) is 18.1 Å². The largest absolute Gasteiger partial charge is 0.493 e. The van der Waals surface area contributed by atoms with Crippen LogP contribution in [0.1, 0.15) is 39.6 Å². The van der Waals surface area contributed by atoms with Crippen molar-refractivity contribution in [3.05, 3.63) is 71.0 Å². The molecule has 0 aliphatic carbocycles. The number of amides is 1. The van der Waals surface area contributed by atoms with E-state index in [-0.39, 0.29) is 17.4 Å². The molecule has 3 N–H and O–H groups in total. The van der Waals surface area contributed by atoms with Crippen LogP contribution in [0.4, 0.5) is 0 Å².